The molecule has 3 heteroatoms. The molecule has 0 aliphatic carbocycles. The number of ether oxygens (including phenoxy) is 1. The molecule has 0 aromatic heterocycles. The fourth-order valence-electron chi connectivity index (χ4n) is 1.76. The van der Waals surface area contributed by atoms with Gasteiger partial charge in [0.2, 0.25) is 0 Å². The van der Waals surface area contributed by atoms with E-state index in [0.29, 0.717) is 0 Å². The minimum atomic E-state index is -0.484. The third-order valence-electron chi connectivity index (χ3n) is 2.96. The van der Waals surface area contributed by atoms with Gasteiger partial charge in [0, 0.05) is 5.41 Å². The lowest BCUT2D eigenvalue weighted by Crippen LogP contribution is -2.47. The Morgan fingerprint density at radius 2 is 1.50 bits per heavy atom. The van der Waals surface area contributed by atoms with Crippen LogP contribution in [0.15, 0.2) is 0 Å². The fraction of sp³-hybridized carbons (Fsp3) is 0.923. The van der Waals surface area contributed by atoms with Crippen molar-refractivity contribution in [3.8, 4) is 0 Å². The van der Waals surface area contributed by atoms with E-state index in [1.165, 1.54) is 0 Å². The molecule has 0 aliphatic heterocycles. The Morgan fingerprint density at radius 1 is 1.06 bits per heavy atom. The molecule has 0 rings (SSSR count). The van der Waals surface area contributed by atoms with Crippen LogP contribution in [0.1, 0.15) is 54.9 Å². The summed E-state index contributed by atoms with van der Waals surface area (Å²) in [5.41, 5.74) is 4.83. The molecular formula is C13H27NO2. The zero-order valence-corrected chi connectivity index (χ0v) is 11.8. The van der Waals surface area contributed by atoms with Gasteiger partial charge in [0.05, 0.1) is 6.54 Å². The van der Waals surface area contributed by atoms with Crippen LogP contribution in [0.25, 0.3) is 0 Å². The van der Waals surface area contributed by atoms with Gasteiger partial charge in [-0.2, -0.15) is 0 Å². The van der Waals surface area contributed by atoms with Gasteiger partial charge in [-0.25, -0.2) is 0 Å². The molecule has 96 valence electrons. The van der Waals surface area contributed by atoms with Crippen LogP contribution < -0.4 is 5.73 Å². The van der Waals surface area contributed by atoms with Gasteiger partial charge in [0.1, 0.15) is 5.60 Å². The van der Waals surface area contributed by atoms with Crippen LogP contribution in [0.3, 0.4) is 0 Å². The van der Waals surface area contributed by atoms with Crippen molar-refractivity contribution >= 4 is 5.97 Å². The zero-order valence-electron chi connectivity index (χ0n) is 11.8. The Kier molecular flexibility index (Phi) is 4.57. The molecule has 1 unspecified atom stereocenters. The van der Waals surface area contributed by atoms with E-state index in [1.807, 2.05) is 6.92 Å². The molecule has 16 heavy (non-hydrogen) atoms. The van der Waals surface area contributed by atoms with Crippen molar-refractivity contribution in [2.75, 3.05) is 6.54 Å². The van der Waals surface area contributed by atoms with E-state index in [4.69, 9.17) is 10.5 Å². The number of hydrogen-bond acceptors (Lipinski definition) is 3. The number of nitrogens with two attached hydrogens (primary N) is 1. The van der Waals surface area contributed by atoms with Crippen molar-refractivity contribution in [3.05, 3.63) is 0 Å². The van der Waals surface area contributed by atoms with Gasteiger partial charge in [-0.3, -0.25) is 4.79 Å². The molecule has 0 saturated carbocycles. The Bertz CT molecular complexity index is 248. The highest BCUT2D eigenvalue weighted by Crippen LogP contribution is 2.42. The summed E-state index contributed by atoms with van der Waals surface area (Å²) in [5.74, 6) is -0.332. The molecule has 3 nitrogen and oxygen atoms in total. The largest absolute Gasteiger partial charge is 0.458 e. The van der Waals surface area contributed by atoms with E-state index in [-0.39, 0.29) is 23.3 Å². The maximum Gasteiger partial charge on any atom is 0.320 e. The highest BCUT2D eigenvalue weighted by atomic mass is 16.6. The van der Waals surface area contributed by atoms with Crippen molar-refractivity contribution in [1.82, 2.24) is 0 Å². The predicted molar refractivity (Wildman–Crippen MR) is 67.1 cm³/mol. The van der Waals surface area contributed by atoms with E-state index in [1.54, 1.807) is 0 Å². The summed E-state index contributed by atoms with van der Waals surface area (Å²) in [6.45, 7) is 14.6. The molecule has 0 fully saturated rings. The Labute approximate surface area is 99.7 Å². The summed E-state index contributed by atoms with van der Waals surface area (Å²) >= 11 is 0. The average molecular weight is 229 g/mol. The first-order valence-electron chi connectivity index (χ1n) is 5.83. The van der Waals surface area contributed by atoms with Crippen molar-refractivity contribution in [1.29, 1.82) is 0 Å². The third-order valence-corrected chi connectivity index (χ3v) is 2.96. The molecule has 0 amide bonds. The highest BCUT2D eigenvalue weighted by molar-refractivity contribution is 5.71. The molecule has 0 aromatic carbocycles. The van der Waals surface area contributed by atoms with Crippen molar-refractivity contribution < 1.29 is 9.53 Å². The van der Waals surface area contributed by atoms with Gasteiger partial charge < -0.3 is 10.5 Å². The predicted octanol–water partition coefficient (Wildman–Crippen LogP) is 2.73. The summed E-state index contributed by atoms with van der Waals surface area (Å²) in [5, 5.41) is 0. The molecule has 0 heterocycles. The monoisotopic (exact) mass is 229 g/mol. The summed E-state index contributed by atoms with van der Waals surface area (Å²) in [6, 6.07) is 0. The van der Waals surface area contributed by atoms with Gasteiger partial charge >= 0.3 is 5.97 Å². The second-order valence-corrected chi connectivity index (χ2v) is 6.90. The van der Waals surface area contributed by atoms with E-state index in [9.17, 15) is 4.79 Å². The average Bonchev–Trinajstić information content (AvgIpc) is 1.98. The van der Waals surface area contributed by atoms with Crippen molar-refractivity contribution in [2.24, 2.45) is 16.6 Å². The van der Waals surface area contributed by atoms with Crippen molar-refractivity contribution in [2.45, 2.75) is 60.5 Å². The lowest BCUT2D eigenvalue weighted by Gasteiger charge is -2.44. The molecule has 0 spiro atoms. The van der Waals surface area contributed by atoms with Crippen LogP contribution in [0.4, 0.5) is 0 Å². The first-order chi connectivity index (χ1) is 6.91. The molecule has 0 bridgehead atoms. The van der Waals surface area contributed by atoms with E-state index in [0.717, 1.165) is 6.42 Å². The summed E-state index contributed by atoms with van der Waals surface area (Å²) < 4.78 is 5.56. The zero-order chi connectivity index (χ0) is 13.2. The molecule has 0 radical (unpaired) electrons. The standard InChI is InChI=1S/C13H27NO2/c1-11(2,3)9-13(7,12(4,5)6)16-10(15)8-14/h8-9,14H2,1-7H3. The molecule has 0 aliphatic rings. The van der Waals surface area contributed by atoms with Gasteiger partial charge in [0.15, 0.2) is 0 Å². The van der Waals surface area contributed by atoms with Gasteiger partial charge in [-0.05, 0) is 18.8 Å². The maximum absolute atomic E-state index is 11.4. The van der Waals surface area contributed by atoms with Crippen LogP contribution in [-0.4, -0.2) is 18.1 Å². The number of carbonyl (C=O) groups excluding carboxylic acids is 1. The second kappa shape index (κ2) is 4.74. The SMILES string of the molecule is CC(C)(C)CC(C)(OC(=O)CN)C(C)(C)C. The van der Waals surface area contributed by atoms with Crippen molar-refractivity contribution in [3.63, 3.8) is 0 Å². The number of hydrogen-bond donors (Lipinski definition) is 1. The number of rotatable bonds is 3. The number of carbonyl (C=O) groups is 1. The van der Waals surface area contributed by atoms with Crippen LogP contribution in [-0.2, 0) is 9.53 Å². The normalized spacial score (nSPS) is 16.8. The van der Waals surface area contributed by atoms with Crippen LogP contribution >= 0.6 is 0 Å². The fourth-order valence-corrected chi connectivity index (χ4v) is 1.76. The first-order valence-corrected chi connectivity index (χ1v) is 5.83. The summed E-state index contributed by atoms with van der Waals surface area (Å²) in [7, 11) is 0. The Morgan fingerprint density at radius 3 is 1.75 bits per heavy atom. The molecular weight excluding hydrogens is 202 g/mol. The lowest BCUT2D eigenvalue weighted by molar-refractivity contribution is -0.173. The van der Waals surface area contributed by atoms with E-state index >= 15 is 0 Å². The molecule has 0 saturated heterocycles. The smallest absolute Gasteiger partial charge is 0.320 e. The van der Waals surface area contributed by atoms with Crippen LogP contribution in [0.2, 0.25) is 0 Å². The first kappa shape index (κ1) is 15.4. The lowest BCUT2D eigenvalue weighted by atomic mass is 9.69. The molecule has 0 aromatic rings. The Balaban J connectivity index is 4.98. The highest BCUT2D eigenvalue weighted by Gasteiger charge is 2.43. The number of esters is 1. The quantitative estimate of drug-likeness (QED) is 0.757. The van der Waals surface area contributed by atoms with Gasteiger partial charge in [-0.15, -0.1) is 0 Å². The minimum Gasteiger partial charge on any atom is -0.458 e. The minimum absolute atomic E-state index is 0.0597. The summed E-state index contributed by atoms with van der Waals surface area (Å²) in [6.07, 6.45) is 0.815. The van der Waals surface area contributed by atoms with E-state index < -0.39 is 5.60 Å². The molecule has 1 atom stereocenters. The topological polar surface area (TPSA) is 52.3 Å². The van der Waals surface area contributed by atoms with Gasteiger partial charge in [0.25, 0.3) is 0 Å². The van der Waals surface area contributed by atoms with Gasteiger partial charge in [-0.1, -0.05) is 41.5 Å². The summed E-state index contributed by atoms with van der Waals surface area (Å²) in [4.78, 5) is 11.4. The second-order valence-electron chi connectivity index (χ2n) is 6.90. The molecule has 2 N–H and O–H groups in total. The van der Waals surface area contributed by atoms with Crippen LogP contribution in [0, 0.1) is 10.8 Å². The van der Waals surface area contributed by atoms with Crippen LogP contribution in [0.5, 0.6) is 0 Å². The van der Waals surface area contributed by atoms with E-state index in [2.05, 4.69) is 41.5 Å². The maximum atomic E-state index is 11.4. The Hall–Kier alpha value is -0.570. The third kappa shape index (κ3) is 4.52.